The maximum absolute atomic E-state index is 11.0. The molecule has 2 aliphatic heterocycles. The average molecular weight is 549 g/mol. The smallest absolute Gasteiger partial charge is 0.268 e. The summed E-state index contributed by atoms with van der Waals surface area (Å²) in [5, 5.41) is 14.1. The fraction of sp³-hybridized carbons (Fsp3) is 0.923. The number of nitrogens with two attached hydrogens (primary N) is 2. The van der Waals surface area contributed by atoms with Crippen LogP contribution in [0.5, 0.6) is 0 Å². The van der Waals surface area contributed by atoms with Gasteiger partial charge in [-0.05, 0) is 13.1 Å². The Labute approximate surface area is 188 Å². The lowest BCUT2D eigenvalue weighted by Crippen LogP contribution is -2.32. The third-order valence-electron chi connectivity index (χ3n) is 2.75. The Morgan fingerprint density at radius 3 is 1.94 bits per heavy atom. The fourth-order valence-electron chi connectivity index (χ4n) is 1.63. The van der Waals surface area contributed by atoms with E-state index in [0.29, 0.717) is 25.9 Å². The van der Waals surface area contributed by atoms with E-state index in [4.69, 9.17) is 19.7 Å². The van der Waals surface area contributed by atoms with Gasteiger partial charge in [0.25, 0.3) is 22.6 Å². The van der Waals surface area contributed by atoms with Crippen LogP contribution in [0.1, 0.15) is 19.3 Å². The van der Waals surface area contributed by atoms with Crippen LogP contribution in [0.25, 0.3) is 0 Å². The van der Waals surface area contributed by atoms with Crippen molar-refractivity contribution in [3.05, 3.63) is 0 Å². The predicted molar refractivity (Wildman–Crippen MR) is 121 cm³/mol. The van der Waals surface area contributed by atoms with Gasteiger partial charge in [0, 0.05) is 39.4 Å². The Balaban J connectivity index is -0.000000354. The zero-order chi connectivity index (χ0) is 24.8. The minimum Gasteiger partial charge on any atom is -0.788 e. The van der Waals surface area contributed by atoms with Crippen molar-refractivity contribution in [1.29, 1.82) is 0 Å². The Morgan fingerprint density at radius 2 is 1.69 bits per heavy atom. The van der Waals surface area contributed by atoms with Gasteiger partial charge in [0.2, 0.25) is 0 Å². The molecular formula is C13H37N4O11P4-. The van der Waals surface area contributed by atoms with Gasteiger partial charge in [-0.1, -0.05) is 0 Å². The number of nitrogens with one attached hydrogen (secondary N) is 2. The quantitative estimate of drug-likeness (QED) is 0.170. The van der Waals surface area contributed by atoms with Gasteiger partial charge in [-0.2, -0.15) is 0 Å². The first-order chi connectivity index (χ1) is 13.9. The highest BCUT2D eigenvalue weighted by Gasteiger charge is 2.24. The SMILES string of the molecule is CP(N)(=O)OCCC=O.CP(N)(=O)[O-].CP1(=O)NC(O)CCO1.CP1(=O)NCCCO1.O. The molecule has 2 rings (SSSR count). The van der Waals surface area contributed by atoms with Gasteiger partial charge in [0.05, 0.1) is 27.3 Å². The van der Waals surface area contributed by atoms with Gasteiger partial charge in [0.15, 0.2) is 0 Å². The van der Waals surface area contributed by atoms with Crippen molar-refractivity contribution in [2.24, 2.45) is 11.0 Å². The van der Waals surface area contributed by atoms with E-state index in [-0.39, 0.29) is 18.5 Å². The number of hydrogen-bond acceptors (Lipinski definition) is 10. The van der Waals surface area contributed by atoms with E-state index in [1.165, 1.54) is 13.3 Å². The van der Waals surface area contributed by atoms with E-state index >= 15 is 0 Å². The molecule has 0 aliphatic carbocycles. The maximum Gasteiger partial charge on any atom is 0.268 e. The first-order valence-corrected chi connectivity index (χ1v) is 17.5. The summed E-state index contributed by atoms with van der Waals surface area (Å²) in [6.45, 7) is 7.32. The van der Waals surface area contributed by atoms with E-state index in [1.807, 2.05) is 0 Å². The summed E-state index contributed by atoms with van der Waals surface area (Å²) in [5.74, 6) is 0. The Morgan fingerprint density at radius 1 is 1.19 bits per heavy atom. The van der Waals surface area contributed by atoms with Crippen LogP contribution < -0.4 is 26.1 Å². The summed E-state index contributed by atoms with van der Waals surface area (Å²) in [4.78, 5) is 19.1. The lowest BCUT2D eigenvalue weighted by atomic mass is 10.4. The molecule has 0 amide bonds. The van der Waals surface area contributed by atoms with Crippen molar-refractivity contribution in [2.45, 2.75) is 25.5 Å². The highest BCUT2D eigenvalue weighted by atomic mass is 31.2. The van der Waals surface area contributed by atoms with Gasteiger partial charge >= 0.3 is 0 Å². The minimum absolute atomic E-state index is 0. The molecule has 19 heteroatoms. The molecule has 0 radical (unpaired) electrons. The van der Waals surface area contributed by atoms with Crippen LogP contribution in [0.4, 0.5) is 0 Å². The lowest BCUT2D eigenvalue weighted by molar-refractivity contribution is -0.173. The normalized spacial score (nSPS) is 30.6. The van der Waals surface area contributed by atoms with Crippen LogP contribution in [0, 0.1) is 0 Å². The first kappa shape index (κ1) is 36.8. The Hall–Kier alpha value is 0.190. The Kier molecular flexibility index (Phi) is 20.2. The molecule has 2 fully saturated rings. The van der Waals surface area contributed by atoms with Crippen molar-refractivity contribution in [1.82, 2.24) is 10.2 Å². The van der Waals surface area contributed by atoms with Crippen LogP contribution in [0.2, 0.25) is 0 Å². The largest absolute Gasteiger partial charge is 0.788 e. The van der Waals surface area contributed by atoms with E-state index in [1.54, 1.807) is 6.66 Å². The zero-order valence-electron chi connectivity index (χ0n) is 18.7. The fourth-order valence-corrected chi connectivity index (χ4v) is 4.43. The molecule has 0 spiro atoms. The van der Waals surface area contributed by atoms with Gasteiger partial charge in [-0.3, -0.25) is 24.7 Å². The summed E-state index contributed by atoms with van der Waals surface area (Å²) in [6.07, 6.45) is 1.76. The topological polar surface area (TPSA) is 264 Å². The molecule has 32 heavy (non-hydrogen) atoms. The Bertz CT molecular complexity index is 681. The summed E-state index contributed by atoms with van der Waals surface area (Å²) >= 11 is 0. The molecule has 0 aromatic carbocycles. The first-order valence-electron chi connectivity index (χ1n) is 9.03. The van der Waals surface area contributed by atoms with Crippen LogP contribution in [-0.2, 0) is 36.6 Å². The third-order valence-corrected chi connectivity index (χ3v) is 6.36. The molecule has 0 bridgehead atoms. The number of carbonyl (C=O) groups is 1. The minimum atomic E-state index is -3.39. The molecule has 15 nitrogen and oxygen atoms in total. The second kappa shape index (κ2) is 17.6. The molecular weight excluding hydrogens is 512 g/mol. The number of aldehydes is 1. The van der Waals surface area contributed by atoms with Gasteiger partial charge < -0.3 is 38.4 Å². The second-order valence-electron chi connectivity index (χ2n) is 6.66. The monoisotopic (exact) mass is 549 g/mol. The summed E-state index contributed by atoms with van der Waals surface area (Å²) < 4.78 is 56.1. The summed E-state index contributed by atoms with van der Waals surface area (Å²) in [5.41, 5.74) is 9.35. The highest BCUT2D eigenvalue weighted by molar-refractivity contribution is 7.56. The predicted octanol–water partition coefficient (Wildman–Crippen LogP) is -0.366. The third kappa shape index (κ3) is 32.4. The van der Waals surface area contributed by atoms with Crippen molar-refractivity contribution >= 4 is 36.4 Å². The number of rotatable bonds is 4. The molecule has 0 aromatic rings. The molecule has 0 aromatic heterocycles. The van der Waals surface area contributed by atoms with Crippen molar-refractivity contribution < 1.29 is 52.1 Å². The van der Waals surface area contributed by atoms with Crippen molar-refractivity contribution in [3.63, 3.8) is 0 Å². The number of aliphatic hydroxyl groups is 1. The molecule has 5 atom stereocenters. The molecule has 9 N–H and O–H groups in total. The molecule has 5 unspecified atom stereocenters. The van der Waals surface area contributed by atoms with Gasteiger partial charge in [0.1, 0.15) is 12.5 Å². The van der Waals surface area contributed by atoms with E-state index in [9.17, 15) is 27.9 Å². The van der Waals surface area contributed by atoms with Crippen LogP contribution >= 0.6 is 30.1 Å². The number of carbonyl (C=O) groups excluding carboxylic acids is 1. The van der Waals surface area contributed by atoms with E-state index in [0.717, 1.165) is 19.6 Å². The van der Waals surface area contributed by atoms with Crippen LogP contribution in [0.15, 0.2) is 0 Å². The number of hydrogen-bond donors (Lipinski definition) is 5. The molecule has 2 heterocycles. The van der Waals surface area contributed by atoms with E-state index in [2.05, 4.69) is 20.2 Å². The molecule has 0 saturated carbocycles. The number of aliphatic hydroxyl groups excluding tert-OH is 1. The summed E-state index contributed by atoms with van der Waals surface area (Å²) in [7, 11) is -11.2. The van der Waals surface area contributed by atoms with Crippen molar-refractivity contribution in [3.8, 4) is 0 Å². The molecule has 196 valence electrons. The van der Waals surface area contributed by atoms with Crippen LogP contribution in [-0.4, -0.2) is 76.1 Å². The highest BCUT2D eigenvalue weighted by Crippen LogP contribution is 2.40. The maximum atomic E-state index is 11.0. The lowest BCUT2D eigenvalue weighted by Gasteiger charge is -2.24. The zero-order valence-corrected chi connectivity index (χ0v) is 22.2. The molecule has 2 saturated heterocycles. The van der Waals surface area contributed by atoms with Gasteiger partial charge in [-0.15, -0.1) is 0 Å². The van der Waals surface area contributed by atoms with Crippen LogP contribution in [0.3, 0.4) is 0 Å². The van der Waals surface area contributed by atoms with Crippen molar-refractivity contribution in [2.75, 3.05) is 53.0 Å². The average Bonchev–Trinajstić information content (AvgIpc) is 2.52. The summed E-state index contributed by atoms with van der Waals surface area (Å²) in [6, 6.07) is 0. The molecule has 2 aliphatic rings. The standard InChI is InChI=1S/2C4H10NO3P.C4H10NO2P.CH6NO2P.H2O/c1-9(7)5-4(6)2-3-8-9;1-9(5,7)8-4-2-3-6;1-8(6)5-3-2-4-7-8;1-5(2,3)4;/h4,6H,2-3H2,1H3,(H,5,7);3H,2,4H2,1H3,(H2,5,7);2-4H2,1H3,(H,5,6);1H3,(H3,2,3,4);1H2/p-1. The van der Waals surface area contributed by atoms with Gasteiger partial charge in [-0.25, -0.2) is 10.2 Å². The van der Waals surface area contributed by atoms with E-state index < -0.39 is 36.3 Å². The second-order valence-corrected chi connectivity index (χ2v) is 15.0.